The maximum absolute atomic E-state index is 11.5. The summed E-state index contributed by atoms with van der Waals surface area (Å²) in [5.74, 6) is 0.599. The highest BCUT2D eigenvalue weighted by atomic mass is 32.2. The van der Waals surface area contributed by atoms with Gasteiger partial charge in [0.25, 0.3) is 0 Å². The number of hydrogen-bond donors (Lipinski definition) is 1. The molecule has 0 radical (unpaired) electrons. The standard InChI is InChI=1S/C14H30N2O2S/c1-5-19(17,18)11-7-10-16-9-6-8-13(16)12-15-14(2,3)4/h13,15H,5-12H2,1-4H3. The zero-order valence-electron chi connectivity index (χ0n) is 12.9. The first-order chi connectivity index (χ1) is 8.73. The molecule has 1 atom stereocenters. The first-order valence-electron chi connectivity index (χ1n) is 7.43. The molecule has 1 unspecified atom stereocenters. The Morgan fingerprint density at radius 1 is 1.32 bits per heavy atom. The predicted octanol–water partition coefficient (Wildman–Crippen LogP) is 1.66. The molecular formula is C14H30N2O2S. The molecule has 0 aromatic carbocycles. The lowest BCUT2D eigenvalue weighted by Gasteiger charge is -2.29. The minimum atomic E-state index is -2.81. The molecule has 1 aliphatic rings. The van der Waals surface area contributed by atoms with Crippen LogP contribution < -0.4 is 5.32 Å². The molecule has 0 amide bonds. The summed E-state index contributed by atoms with van der Waals surface area (Å²) >= 11 is 0. The molecule has 1 rings (SSSR count). The van der Waals surface area contributed by atoms with Gasteiger partial charge in [-0.05, 0) is 53.1 Å². The van der Waals surface area contributed by atoms with Gasteiger partial charge in [-0.25, -0.2) is 8.42 Å². The van der Waals surface area contributed by atoms with Gasteiger partial charge in [0.05, 0.1) is 5.75 Å². The molecule has 4 nitrogen and oxygen atoms in total. The van der Waals surface area contributed by atoms with Gasteiger partial charge in [0, 0.05) is 23.9 Å². The van der Waals surface area contributed by atoms with Crippen LogP contribution in [-0.4, -0.2) is 56.0 Å². The monoisotopic (exact) mass is 290 g/mol. The summed E-state index contributed by atoms with van der Waals surface area (Å²) in [6.07, 6.45) is 3.23. The van der Waals surface area contributed by atoms with E-state index in [4.69, 9.17) is 0 Å². The molecule has 0 aromatic heterocycles. The number of hydrogen-bond acceptors (Lipinski definition) is 4. The van der Waals surface area contributed by atoms with Crippen LogP contribution in [0.1, 0.15) is 47.0 Å². The summed E-state index contributed by atoms with van der Waals surface area (Å²) in [5, 5.41) is 3.55. The quantitative estimate of drug-likeness (QED) is 0.775. The van der Waals surface area contributed by atoms with Gasteiger partial charge in [-0.1, -0.05) is 6.92 Å². The van der Waals surface area contributed by atoms with Crippen molar-refractivity contribution in [2.45, 2.75) is 58.5 Å². The van der Waals surface area contributed by atoms with Crippen molar-refractivity contribution < 1.29 is 8.42 Å². The van der Waals surface area contributed by atoms with Crippen molar-refractivity contribution in [3.8, 4) is 0 Å². The molecule has 1 heterocycles. The minimum Gasteiger partial charge on any atom is -0.311 e. The first-order valence-corrected chi connectivity index (χ1v) is 9.25. The summed E-state index contributed by atoms with van der Waals surface area (Å²) in [6.45, 7) is 11.3. The van der Waals surface area contributed by atoms with Gasteiger partial charge in [-0.15, -0.1) is 0 Å². The van der Waals surface area contributed by atoms with Crippen molar-refractivity contribution in [3.63, 3.8) is 0 Å². The van der Waals surface area contributed by atoms with Gasteiger partial charge in [0.15, 0.2) is 0 Å². The Morgan fingerprint density at radius 3 is 2.58 bits per heavy atom. The second-order valence-electron chi connectivity index (χ2n) is 6.55. The van der Waals surface area contributed by atoms with E-state index in [1.165, 1.54) is 12.8 Å². The van der Waals surface area contributed by atoms with Crippen LogP contribution in [-0.2, 0) is 9.84 Å². The second kappa shape index (κ2) is 7.04. The van der Waals surface area contributed by atoms with Crippen LogP contribution >= 0.6 is 0 Å². The number of sulfone groups is 1. The van der Waals surface area contributed by atoms with E-state index in [-0.39, 0.29) is 11.3 Å². The van der Waals surface area contributed by atoms with E-state index in [1.807, 2.05) is 0 Å². The molecule has 0 bridgehead atoms. The fourth-order valence-corrected chi connectivity index (χ4v) is 3.33. The molecule has 1 fully saturated rings. The van der Waals surface area contributed by atoms with E-state index < -0.39 is 9.84 Å². The van der Waals surface area contributed by atoms with Gasteiger partial charge in [0.2, 0.25) is 0 Å². The molecular weight excluding hydrogens is 260 g/mol. The molecule has 1 N–H and O–H groups in total. The number of rotatable bonds is 7. The zero-order valence-corrected chi connectivity index (χ0v) is 13.7. The molecule has 0 aliphatic carbocycles. The number of nitrogens with zero attached hydrogens (tertiary/aromatic N) is 1. The third kappa shape index (κ3) is 6.72. The summed E-state index contributed by atoms with van der Waals surface area (Å²) in [5.41, 5.74) is 0.153. The average molecular weight is 290 g/mol. The SMILES string of the molecule is CCS(=O)(=O)CCCN1CCCC1CNC(C)(C)C. The molecule has 1 aliphatic heterocycles. The molecule has 114 valence electrons. The lowest BCUT2D eigenvalue weighted by Crippen LogP contribution is -2.45. The number of nitrogens with one attached hydrogen (secondary N) is 1. The molecule has 5 heteroatoms. The lowest BCUT2D eigenvalue weighted by atomic mass is 10.1. The highest BCUT2D eigenvalue weighted by Crippen LogP contribution is 2.17. The van der Waals surface area contributed by atoms with Crippen LogP contribution in [0, 0.1) is 0 Å². The summed E-state index contributed by atoms with van der Waals surface area (Å²) < 4.78 is 23.0. The third-order valence-corrected chi connectivity index (χ3v) is 5.50. The smallest absolute Gasteiger partial charge is 0.150 e. The Kier molecular flexibility index (Phi) is 6.27. The predicted molar refractivity (Wildman–Crippen MR) is 81.3 cm³/mol. The normalized spacial score (nSPS) is 22.0. The highest BCUT2D eigenvalue weighted by Gasteiger charge is 2.25. The van der Waals surface area contributed by atoms with Crippen molar-refractivity contribution in [3.05, 3.63) is 0 Å². The maximum Gasteiger partial charge on any atom is 0.150 e. The van der Waals surface area contributed by atoms with E-state index >= 15 is 0 Å². The molecule has 19 heavy (non-hydrogen) atoms. The van der Waals surface area contributed by atoms with Crippen molar-refractivity contribution in [1.82, 2.24) is 10.2 Å². The second-order valence-corrected chi connectivity index (χ2v) is 9.03. The van der Waals surface area contributed by atoms with Gasteiger partial charge in [0.1, 0.15) is 9.84 Å². The average Bonchev–Trinajstić information content (AvgIpc) is 2.73. The summed E-state index contributed by atoms with van der Waals surface area (Å²) in [4.78, 5) is 2.45. The first kappa shape index (κ1) is 16.9. The van der Waals surface area contributed by atoms with Crippen molar-refractivity contribution in [2.75, 3.05) is 31.1 Å². The third-order valence-electron chi connectivity index (χ3n) is 3.71. The van der Waals surface area contributed by atoms with Gasteiger partial charge >= 0.3 is 0 Å². The van der Waals surface area contributed by atoms with Crippen LogP contribution in [0.2, 0.25) is 0 Å². The Bertz CT molecular complexity index is 360. The minimum absolute atomic E-state index is 0.153. The van der Waals surface area contributed by atoms with E-state index in [0.717, 1.165) is 26.1 Å². The maximum atomic E-state index is 11.5. The van der Waals surface area contributed by atoms with E-state index in [1.54, 1.807) is 6.92 Å². The molecule has 0 spiro atoms. The molecule has 1 saturated heterocycles. The topological polar surface area (TPSA) is 49.4 Å². The van der Waals surface area contributed by atoms with Crippen molar-refractivity contribution >= 4 is 9.84 Å². The zero-order chi connectivity index (χ0) is 14.5. The van der Waals surface area contributed by atoms with Crippen LogP contribution in [0.4, 0.5) is 0 Å². The van der Waals surface area contributed by atoms with E-state index in [2.05, 4.69) is 31.0 Å². The van der Waals surface area contributed by atoms with E-state index in [9.17, 15) is 8.42 Å². The van der Waals surface area contributed by atoms with Crippen molar-refractivity contribution in [1.29, 1.82) is 0 Å². The van der Waals surface area contributed by atoms with E-state index in [0.29, 0.717) is 11.8 Å². The van der Waals surface area contributed by atoms with Gasteiger partial charge in [-0.2, -0.15) is 0 Å². The van der Waals surface area contributed by atoms with Crippen LogP contribution in [0.15, 0.2) is 0 Å². The summed E-state index contributed by atoms with van der Waals surface area (Å²) in [7, 11) is -2.81. The molecule has 0 saturated carbocycles. The van der Waals surface area contributed by atoms with Gasteiger partial charge in [-0.3, -0.25) is 4.90 Å². The summed E-state index contributed by atoms with van der Waals surface area (Å²) in [6, 6.07) is 0.573. The molecule has 0 aromatic rings. The largest absolute Gasteiger partial charge is 0.311 e. The Hall–Kier alpha value is -0.130. The fraction of sp³-hybridized carbons (Fsp3) is 1.00. The van der Waals surface area contributed by atoms with Crippen molar-refractivity contribution in [2.24, 2.45) is 0 Å². The van der Waals surface area contributed by atoms with Crippen LogP contribution in [0.25, 0.3) is 0 Å². The Morgan fingerprint density at radius 2 is 2.00 bits per heavy atom. The number of likely N-dealkylation sites (tertiary alicyclic amines) is 1. The van der Waals surface area contributed by atoms with Crippen LogP contribution in [0.3, 0.4) is 0 Å². The lowest BCUT2D eigenvalue weighted by molar-refractivity contribution is 0.234. The van der Waals surface area contributed by atoms with Gasteiger partial charge < -0.3 is 5.32 Å². The van der Waals surface area contributed by atoms with Crippen LogP contribution in [0.5, 0.6) is 0 Å². The fourth-order valence-electron chi connectivity index (χ4n) is 2.48. The Labute approximate surface area is 118 Å². The Balaban J connectivity index is 2.32. The highest BCUT2D eigenvalue weighted by molar-refractivity contribution is 7.91.